The van der Waals surface area contributed by atoms with Gasteiger partial charge >= 0.3 is 0 Å². The monoisotopic (exact) mass is 329 g/mol. The molecule has 0 bridgehead atoms. The molecule has 3 N–H and O–H groups in total. The minimum Gasteiger partial charge on any atom is -0.358 e. The molecule has 0 unspecified atom stereocenters. The van der Waals surface area contributed by atoms with E-state index in [0.29, 0.717) is 12.6 Å². The third-order valence-electron chi connectivity index (χ3n) is 3.70. The number of rotatable bonds is 8. The molecule has 1 saturated heterocycles. The Hall–Kier alpha value is -0.950. The number of likely N-dealkylation sites (tertiary alicyclic amines) is 1. The number of likely N-dealkylation sites (N-methyl/N-ethyl adjacent to an activating group) is 1. The fraction of sp³-hybridized carbons (Fsp3) is 0.867. The number of hydrogen-bond donors (Lipinski definition) is 3. The largest absolute Gasteiger partial charge is 0.358 e. The number of aliphatic imine (C=N–C) groups is 1. The molecule has 0 saturated carbocycles. The highest BCUT2D eigenvalue weighted by molar-refractivity contribution is 7.98. The summed E-state index contributed by atoms with van der Waals surface area (Å²) in [4.78, 5) is 18.2. The van der Waals surface area contributed by atoms with Crippen molar-refractivity contribution in [2.24, 2.45) is 4.99 Å². The van der Waals surface area contributed by atoms with Gasteiger partial charge < -0.3 is 16.0 Å². The molecule has 7 heteroatoms. The molecular formula is C15H31N5OS. The molecule has 22 heavy (non-hydrogen) atoms. The summed E-state index contributed by atoms with van der Waals surface area (Å²) in [6.07, 6.45) is 5.33. The van der Waals surface area contributed by atoms with Crippen LogP contribution in [0.3, 0.4) is 0 Å². The lowest BCUT2D eigenvalue weighted by Crippen LogP contribution is -2.50. The second-order valence-electron chi connectivity index (χ2n) is 5.47. The van der Waals surface area contributed by atoms with Gasteiger partial charge in [-0.1, -0.05) is 0 Å². The van der Waals surface area contributed by atoms with Crippen LogP contribution in [-0.4, -0.2) is 74.6 Å². The predicted octanol–water partition coefficient (Wildman–Crippen LogP) is 0.505. The molecule has 1 heterocycles. The van der Waals surface area contributed by atoms with Gasteiger partial charge in [-0.3, -0.25) is 14.7 Å². The van der Waals surface area contributed by atoms with Crippen molar-refractivity contribution in [3.05, 3.63) is 0 Å². The molecular weight excluding hydrogens is 298 g/mol. The highest BCUT2D eigenvalue weighted by Gasteiger charge is 2.21. The standard InChI is InChI=1S/C15H31N5OS/c1-4-17-15(18-8-5-11-22-3)19-13-6-9-20(10-7-13)12-14(21)16-2/h13H,4-12H2,1-3H3,(H,16,21)(H2,17,18,19). The summed E-state index contributed by atoms with van der Waals surface area (Å²) < 4.78 is 0. The number of hydrogen-bond acceptors (Lipinski definition) is 4. The number of guanidine groups is 1. The van der Waals surface area contributed by atoms with Crippen LogP contribution < -0.4 is 16.0 Å². The van der Waals surface area contributed by atoms with E-state index < -0.39 is 0 Å². The van der Waals surface area contributed by atoms with Gasteiger partial charge in [0.05, 0.1) is 6.54 Å². The zero-order valence-corrected chi connectivity index (χ0v) is 15.0. The minimum absolute atomic E-state index is 0.0927. The fourth-order valence-corrected chi connectivity index (χ4v) is 2.85. The zero-order valence-electron chi connectivity index (χ0n) is 14.2. The van der Waals surface area contributed by atoms with Crippen molar-refractivity contribution < 1.29 is 4.79 Å². The first kappa shape index (κ1) is 19.1. The summed E-state index contributed by atoms with van der Waals surface area (Å²) in [6.45, 7) is 6.25. The van der Waals surface area contributed by atoms with E-state index in [1.165, 1.54) is 0 Å². The molecule has 0 atom stereocenters. The normalized spacial score (nSPS) is 17.3. The van der Waals surface area contributed by atoms with E-state index in [1.807, 2.05) is 11.8 Å². The van der Waals surface area contributed by atoms with Gasteiger partial charge in [0.2, 0.25) is 5.91 Å². The Balaban J connectivity index is 2.33. The minimum atomic E-state index is 0.0927. The molecule has 1 amide bonds. The van der Waals surface area contributed by atoms with Crippen LogP contribution in [0.5, 0.6) is 0 Å². The highest BCUT2D eigenvalue weighted by atomic mass is 32.2. The van der Waals surface area contributed by atoms with Crippen LogP contribution >= 0.6 is 11.8 Å². The Morgan fingerprint density at radius 1 is 1.36 bits per heavy atom. The van der Waals surface area contributed by atoms with Crippen molar-refractivity contribution in [3.8, 4) is 0 Å². The summed E-state index contributed by atoms with van der Waals surface area (Å²) in [6, 6.07) is 0.444. The summed E-state index contributed by atoms with van der Waals surface area (Å²) >= 11 is 1.86. The molecule has 1 aliphatic heterocycles. The van der Waals surface area contributed by atoms with Crippen LogP contribution in [0, 0.1) is 0 Å². The summed E-state index contributed by atoms with van der Waals surface area (Å²) in [5.41, 5.74) is 0. The van der Waals surface area contributed by atoms with Crippen LogP contribution in [0.25, 0.3) is 0 Å². The van der Waals surface area contributed by atoms with Gasteiger partial charge in [0.1, 0.15) is 0 Å². The molecule has 0 aromatic heterocycles. The number of piperidine rings is 1. The van der Waals surface area contributed by atoms with E-state index in [9.17, 15) is 4.79 Å². The first-order valence-corrected chi connectivity index (χ1v) is 9.55. The number of carbonyl (C=O) groups is 1. The maximum atomic E-state index is 11.4. The Kier molecular flexibility index (Phi) is 10.1. The number of carbonyl (C=O) groups excluding carboxylic acids is 1. The van der Waals surface area contributed by atoms with Crippen LogP contribution in [0.2, 0.25) is 0 Å². The molecule has 6 nitrogen and oxygen atoms in total. The molecule has 0 aromatic carbocycles. The smallest absolute Gasteiger partial charge is 0.233 e. The molecule has 128 valence electrons. The first-order chi connectivity index (χ1) is 10.7. The molecule has 1 fully saturated rings. The fourth-order valence-electron chi connectivity index (χ4n) is 2.43. The molecule has 0 aromatic rings. The number of thioether (sulfide) groups is 1. The maximum Gasteiger partial charge on any atom is 0.233 e. The predicted molar refractivity (Wildman–Crippen MR) is 95.6 cm³/mol. The Morgan fingerprint density at radius 2 is 2.09 bits per heavy atom. The van der Waals surface area contributed by atoms with E-state index in [0.717, 1.165) is 57.2 Å². The lowest BCUT2D eigenvalue weighted by Gasteiger charge is -2.32. The van der Waals surface area contributed by atoms with Crippen LogP contribution in [0.1, 0.15) is 26.2 Å². The summed E-state index contributed by atoms with van der Waals surface area (Å²) in [7, 11) is 1.69. The van der Waals surface area contributed by atoms with E-state index >= 15 is 0 Å². The van der Waals surface area contributed by atoms with Crippen molar-refractivity contribution in [2.75, 3.05) is 51.8 Å². The van der Waals surface area contributed by atoms with Crippen molar-refractivity contribution in [1.82, 2.24) is 20.9 Å². The second-order valence-corrected chi connectivity index (χ2v) is 6.46. The van der Waals surface area contributed by atoms with Gasteiger partial charge in [0, 0.05) is 39.3 Å². The lowest BCUT2D eigenvalue weighted by atomic mass is 10.1. The van der Waals surface area contributed by atoms with Crippen LogP contribution in [-0.2, 0) is 4.79 Å². The van der Waals surface area contributed by atoms with Gasteiger partial charge in [-0.15, -0.1) is 0 Å². The Labute approximate surface area is 138 Å². The summed E-state index contributed by atoms with van der Waals surface area (Å²) in [5, 5.41) is 9.52. The van der Waals surface area contributed by atoms with Gasteiger partial charge in [-0.25, -0.2) is 0 Å². The average Bonchev–Trinajstić information content (AvgIpc) is 2.53. The van der Waals surface area contributed by atoms with E-state index in [1.54, 1.807) is 7.05 Å². The second kappa shape index (κ2) is 11.6. The third kappa shape index (κ3) is 7.89. The Morgan fingerprint density at radius 3 is 2.68 bits per heavy atom. The van der Waals surface area contributed by atoms with Crippen molar-refractivity contribution in [3.63, 3.8) is 0 Å². The van der Waals surface area contributed by atoms with Crippen LogP contribution in [0.4, 0.5) is 0 Å². The molecule has 1 rings (SSSR count). The van der Waals surface area contributed by atoms with Gasteiger partial charge in [-0.05, 0) is 38.2 Å². The van der Waals surface area contributed by atoms with E-state index in [-0.39, 0.29) is 5.91 Å². The van der Waals surface area contributed by atoms with E-state index in [4.69, 9.17) is 0 Å². The summed E-state index contributed by atoms with van der Waals surface area (Å²) in [5.74, 6) is 2.17. The maximum absolute atomic E-state index is 11.4. The van der Waals surface area contributed by atoms with Crippen molar-refractivity contribution in [2.45, 2.75) is 32.2 Å². The lowest BCUT2D eigenvalue weighted by molar-refractivity contribution is -0.122. The average molecular weight is 330 g/mol. The van der Waals surface area contributed by atoms with Gasteiger partial charge in [-0.2, -0.15) is 11.8 Å². The number of nitrogens with zero attached hydrogens (tertiary/aromatic N) is 2. The SMILES string of the molecule is CCNC(=NCCCSC)NC1CCN(CC(=O)NC)CC1. The molecule has 0 spiro atoms. The molecule has 0 radical (unpaired) electrons. The quantitative estimate of drug-likeness (QED) is 0.344. The first-order valence-electron chi connectivity index (χ1n) is 8.16. The molecule has 0 aliphatic carbocycles. The Bertz CT molecular complexity index is 343. The van der Waals surface area contributed by atoms with Crippen molar-refractivity contribution in [1.29, 1.82) is 0 Å². The topological polar surface area (TPSA) is 68.8 Å². The zero-order chi connectivity index (χ0) is 16.2. The van der Waals surface area contributed by atoms with Crippen molar-refractivity contribution >= 4 is 23.6 Å². The van der Waals surface area contributed by atoms with Crippen LogP contribution in [0.15, 0.2) is 4.99 Å². The number of amides is 1. The van der Waals surface area contributed by atoms with Gasteiger partial charge in [0.25, 0.3) is 0 Å². The number of nitrogens with one attached hydrogen (secondary N) is 3. The van der Waals surface area contributed by atoms with E-state index in [2.05, 4.69) is 39.0 Å². The van der Waals surface area contributed by atoms with Gasteiger partial charge in [0.15, 0.2) is 5.96 Å². The highest BCUT2D eigenvalue weighted by Crippen LogP contribution is 2.09. The third-order valence-corrected chi connectivity index (χ3v) is 4.39. The molecule has 1 aliphatic rings.